The summed E-state index contributed by atoms with van der Waals surface area (Å²) in [5, 5.41) is 9.48. The molecule has 4 nitrogen and oxygen atoms in total. The molecule has 110 valence electrons. The molecule has 0 aliphatic rings. The van der Waals surface area contributed by atoms with Crippen molar-refractivity contribution in [1.29, 1.82) is 0 Å². The molecule has 0 aliphatic carbocycles. The Bertz CT molecular complexity index is 757. The van der Waals surface area contributed by atoms with E-state index in [0.29, 0.717) is 0 Å². The van der Waals surface area contributed by atoms with Gasteiger partial charge in [0.15, 0.2) is 0 Å². The maximum absolute atomic E-state index is 6.16. The van der Waals surface area contributed by atoms with Crippen LogP contribution >= 0.6 is 11.6 Å². The Morgan fingerprint density at radius 1 is 1.29 bits per heavy atom. The van der Waals surface area contributed by atoms with E-state index in [1.54, 1.807) is 0 Å². The highest BCUT2D eigenvalue weighted by Crippen LogP contribution is 2.25. The van der Waals surface area contributed by atoms with Crippen LogP contribution in [-0.4, -0.2) is 21.4 Å². The standard InChI is InChI=1S/C16H19ClN4/c1-18-10-12-11-21(8-6-14-5-7-19-20(14)2)16-9-13(17)3-4-15(12)16/h3-5,7,9,11,18H,6,8,10H2,1-2H3. The summed E-state index contributed by atoms with van der Waals surface area (Å²) in [4.78, 5) is 0. The van der Waals surface area contributed by atoms with Crippen molar-refractivity contribution in [3.8, 4) is 0 Å². The third-order valence-corrected chi connectivity index (χ3v) is 4.06. The molecule has 0 saturated heterocycles. The van der Waals surface area contributed by atoms with Crippen LogP contribution in [0.1, 0.15) is 11.3 Å². The number of fused-ring (bicyclic) bond motifs is 1. The van der Waals surface area contributed by atoms with Crippen molar-refractivity contribution in [3.63, 3.8) is 0 Å². The first-order valence-electron chi connectivity index (χ1n) is 7.08. The van der Waals surface area contributed by atoms with Crippen molar-refractivity contribution >= 4 is 22.5 Å². The van der Waals surface area contributed by atoms with Gasteiger partial charge in [-0.25, -0.2) is 0 Å². The number of benzene rings is 1. The Morgan fingerprint density at radius 3 is 2.86 bits per heavy atom. The van der Waals surface area contributed by atoms with Crippen molar-refractivity contribution in [2.75, 3.05) is 7.05 Å². The van der Waals surface area contributed by atoms with E-state index in [0.717, 1.165) is 24.5 Å². The summed E-state index contributed by atoms with van der Waals surface area (Å²) in [5.74, 6) is 0. The summed E-state index contributed by atoms with van der Waals surface area (Å²) in [7, 11) is 3.95. The van der Waals surface area contributed by atoms with Crippen LogP contribution in [0.3, 0.4) is 0 Å². The largest absolute Gasteiger partial charge is 0.347 e. The van der Waals surface area contributed by atoms with Gasteiger partial charge in [0.05, 0.1) is 0 Å². The molecule has 21 heavy (non-hydrogen) atoms. The first kappa shape index (κ1) is 14.2. The molecule has 0 unspecified atom stereocenters. The number of rotatable bonds is 5. The van der Waals surface area contributed by atoms with Gasteiger partial charge < -0.3 is 9.88 Å². The van der Waals surface area contributed by atoms with Crippen molar-refractivity contribution in [3.05, 3.63) is 52.9 Å². The maximum Gasteiger partial charge on any atom is 0.0498 e. The summed E-state index contributed by atoms with van der Waals surface area (Å²) >= 11 is 6.16. The summed E-state index contributed by atoms with van der Waals surface area (Å²) in [6.07, 6.45) is 5.01. The fraction of sp³-hybridized carbons (Fsp3) is 0.312. The molecular weight excluding hydrogens is 284 g/mol. The Kier molecular flexibility index (Phi) is 3.99. The lowest BCUT2D eigenvalue weighted by molar-refractivity contribution is 0.647. The Labute approximate surface area is 129 Å². The van der Waals surface area contributed by atoms with E-state index in [9.17, 15) is 0 Å². The van der Waals surface area contributed by atoms with Crippen LogP contribution in [0.25, 0.3) is 10.9 Å². The quantitative estimate of drug-likeness (QED) is 0.786. The SMILES string of the molecule is CNCc1cn(CCc2ccnn2C)c2cc(Cl)ccc12. The minimum Gasteiger partial charge on any atom is -0.347 e. The highest BCUT2D eigenvalue weighted by molar-refractivity contribution is 6.31. The highest BCUT2D eigenvalue weighted by Gasteiger charge is 2.09. The normalized spacial score (nSPS) is 11.4. The van der Waals surface area contributed by atoms with Crippen LogP contribution in [-0.2, 0) is 26.6 Å². The molecule has 3 rings (SSSR count). The molecule has 0 saturated carbocycles. The fourth-order valence-electron chi connectivity index (χ4n) is 2.74. The Balaban J connectivity index is 1.93. The van der Waals surface area contributed by atoms with Crippen LogP contribution in [0.4, 0.5) is 0 Å². The lowest BCUT2D eigenvalue weighted by Gasteiger charge is -2.06. The van der Waals surface area contributed by atoms with Crippen molar-refractivity contribution in [2.45, 2.75) is 19.5 Å². The number of aryl methyl sites for hydroxylation is 3. The third-order valence-electron chi connectivity index (χ3n) is 3.83. The minimum absolute atomic E-state index is 0.776. The second-order valence-corrected chi connectivity index (χ2v) is 5.67. The third kappa shape index (κ3) is 2.82. The molecule has 0 spiro atoms. The van der Waals surface area contributed by atoms with Gasteiger partial charge in [0.2, 0.25) is 0 Å². The van der Waals surface area contributed by atoms with E-state index in [2.05, 4.69) is 33.3 Å². The number of aromatic nitrogens is 3. The number of nitrogens with zero attached hydrogens (tertiary/aromatic N) is 3. The lowest BCUT2D eigenvalue weighted by Crippen LogP contribution is -2.06. The molecule has 3 aromatic rings. The van der Waals surface area contributed by atoms with E-state index in [4.69, 9.17) is 11.6 Å². The minimum atomic E-state index is 0.776. The molecule has 0 radical (unpaired) electrons. The Hall–Kier alpha value is -1.78. The van der Waals surface area contributed by atoms with E-state index in [1.165, 1.54) is 22.2 Å². The van der Waals surface area contributed by atoms with Crippen LogP contribution in [0.2, 0.25) is 5.02 Å². The molecule has 0 fully saturated rings. The first-order valence-corrected chi connectivity index (χ1v) is 7.45. The first-order chi connectivity index (χ1) is 10.2. The van der Waals surface area contributed by atoms with Crippen molar-refractivity contribution in [2.24, 2.45) is 7.05 Å². The number of hydrogen-bond acceptors (Lipinski definition) is 2. The van der Waals surface area contributed by atoms with Gasteiger partial charge in [0.1, 0.15) is 0 Å². The molecular formula is C16H19ClN4. The van der Waals surface area contributed by atoms with Gasteiger partial charge in [-0.15, -0.1) is 0 Å². The summed E-state index contributed by atoms with van der Waals surface area (Å²) in [5.41, 5.74) is 3.72. The van der Waals surface area contributed by atoms with E-state index in [1.807, 2.05) is 37.1 Å². The molecule has 0 aliphatic heterocycles. The van der Waals surface area contributed by atoms with Gasteiger partial charge in [-0.05, 0) is 30.8 Å². The van der Waals surface area contributed by atoms with E-state index < -0.39 is 0 Å². The molecule has 1 N–H and O–H groups in total. The summed E-state index contributed by atoms with van der Waals surface area (Å²) in [6, 6.07) is 8.16. The number of nitrogens with one attached hydrogen (secondary N) is 1. The van der Waals surface area contributed by atoms with Gasteiger partial charge in [-0.2, -0.15) is 5.10 Å². The summed E-state index contributed by atoms with van der Waals surface area (Å²) in [6.45, 7) is 1.77. The summed E-state index contributed by atoms with van der Waals surface area (Å²) < 4.78 is 4.20. The van der Waals surface area contributed by atoms with Gasteiger partial charge in [-0.1, -0.05) is 17.7 Å². The molecule has 0 amide bonds. The monoisotopic (exact) mass is 302 g/mol. The zero-order valence-electron chi connectivity index (χ0n) is 12.3. The maximum atomic E-state index is 6.16. The van der Waals surface area contributed by atoms with Crippen LogP contribution < -0.4 is 5.32 Å². The number of halogens is 1. The van der Waals surface area contributed by atoms with Crippen molar-refractivity contribution < 1.29 is 0 Å². The van der Waals surface area contributed by atoms with Crippen LogP contribution in [0, 0.1) is 0 Å². The predicted molar refractivity (Wildman–Crippen MR) is 86.6 cm³/mol. The average molecular weight is 303 g/mol. The van der Waals surface area contributed by atoms with Gasteiger partial charge in [0.25, 0.3) is 0 Å². The average Bonchev–Trinajstić information content (AvgIpc) is 3.01. The fourth-order valence-corrected chi connectivity index (χ4v) is 2.91. The molecule has 0 bridgehead atoms. The molecule has 0 atom stereocenters. The predicted octanol–water partition coefficient (Wildman–Crippen LogP) is 2.99. The Morgan fingerprint density at radius 2 is 2.14 bits per heavy atom. The van der Waals surface area contributed by atoms with Gasteiger partial charge in [0, 0.05) is 60.6 Å². The zero-order chi connectivity index (χ0) is 14.8. The molecule has 2 heterocycles. The van der Waals surface area contributed by atoms with E-state index in [-0.39, 0.29) is 0 Å². The lowest BCUT2D eigenvalue weighted by atomic mass is 10.2. The second-order valence-electron chi connectivity index (χ2n) is 5.24. The zero-order valence-corrected chi connectivity index (χ0v) is 13.1. The van der Waals surface area contributed by atoms with Crippen LogP contribution in [0.5, 0.6) is 0 Å². The molecule has 1 aromatic carbocycles. The van der Waals surface area contributed by atoms with Crippen LogP contribution in [0.15, 0.2) is 36.7 Å². The van der Waals surface area contributed by atoms with Crippen molar-refractivity contribution in [1.82, 2.24) is 19.7 Å². The van der Waals surface area contributed by atoms with E-state index >= 15 is 0 Å². The molecule has 5 heteroatoms. The van der Waals surface area contributed by atoms with Gasteiger partial charge >= 0.3 is 0 Å². The smallest absolute Gasteiger partial charge is 0.0498 e. The second kappa shape index (κ2) is 5.92. The number of hydrogen-bond donors (Lipinski definition) is 1. The van der Waals surface area contributed by atoms with Gasteiger partial charge in [-0.3, -0.25) is 4.68 Å². The highest BCUT2D eigenvalue weighted by atomic mass is 35.5. The molecule has 2 aromatic heterocycles. The topological polar surface area (TPSA) is 34.8 Å².